The first-order chi connectivity index (χ1) is 14.7. The van der Waals surface area contributed by atoms with Crippen molar-refractivity contribution in [3.8, 4) is 18.1 Å². The zero-order chi connectivity index (χ0) is 23.9. The molecule has 0 saturated carbocycles. The average molecular weight is 438 g/mol. The van der Waals surface area contributed by atoms with Gasteiger partial charge < -0.3 is 25.2 Å². The number of carbonyl (C=O) groups is 2. The van der Waals surface area contributed by atoms with Gasteiger partial charge in [0.1, 0.15) is 18.1 Å². The number of carbonyl (C=O) groups excluding carboxylic acids is 2. The van der Waals surface area contributed by atoms with Crippen LogP contribution in [0.4, 0.5) is 0 Å². The quantitative estimate of drug-likeness (QED) is 0.165. The molecule has 2 amide bonds. The molecule has 2 heterocycles. The van der Waals surface area contributed by atoms with Gasteiger partial charge in [-0.3, -0.25) is 26.3 Å². The fraction of sp³-hybridized carbons (Fsp3) is 0.571. The second kappa shape index (κ2) is 15.1. The zero-order valence-corrected chi connectivity index (χ0v) is 18.5. The van der Waals surface area contributed by atoms with Crippen LogP contribution in [0, 0.1) is 17.8 Å². The van der Waals surface area contributed by atoms with E-state index in [1.165, 1.54) is 6.20 Å². The fourth-order valence-corrected chi connectivity index (χ4v) is 2.64. The molecule has 1 saturated heterocycles. The number of β-amino-alcohol motifs (C(OH)–C–C–N with tert-alkyl or cyclic N) is 1. The molecule has 1 fully saturated rings. The number of hydrazine groups is 1. The Morgan fingerprint density at radius 3 is 2.65 bits per heavy atom. The molecule has 7 N–H and O–H groups in total. The Morgan fingerprint density at radius 2 is 2.16 bits per heavy atom. The highest BCUT2D eigenvalue weighted by Gasteiger charge is 2.27. The molecule has 1 atom stereocenters. The summed E-state index contributed by atoms with van der Waals surface area (Å²) < 4.78 is 5.26. The number of rotatable bonds is 7. The minimum absolute atomic E-state index is 0.0463. The molecule has 1 aromatic rings. The zero-order valence-electron chi connectivity index (χ0n) is 18.5. The lowest BCUT2D eigenvalue weighted by Crippen LogP contribution is -2.32. The Labute approximate surface area is 183 Å². The van der Waals surface area contributed by atoms with Gasteiger partial charge in [-0.15, -0.1) is 6.42 Å². The molecule has 0 radical (unpaired) electrons. The second-order valence-corrected chi connectivity index (χ2v) is 7.90. The van der Waals surface area contributed by atoms with Crippen LogP contribution in [0.1, 0.15) is 44.9 Å². The summed E-state index contributed by atoms with van der Waals surface area (Å²) in [5.41, 5.74) is 1.20. The number of amides is 2. The van der Waals surface area contributed by atoms with Crippen molar-refractivity contribution in [2.45, 2.75) is 46.3 Å². The van der Waals surface area contributed by atoms with Crippen LogP contribution in [0.25, 0.3) is 0 Å². The standard InChI is InChI=1S/C11H12N2O3.C10H19NO2.H4N2/c1-2-9-5-11(16-4-3-14)10(13-6-9)7-12-8-15;1-10(2,3)6-9(13)11-5-4-8(12)7-11;1-2/h1,5-6,8,14H,3-4,7H2,(H,12,15);8,12H,4-7H2,1-3H3;1-2H2. The monoisotopic (exact) mass is 437 g/mol. The summed E-state index contributed by atoms with van der Waals surface area (Å²) in [6.07, 6.45) is 8.33. The van der Waals surface area contributed by atoms with Crippen molar-refractivity contribution in [3.63, 3.8) is 0 Å². The molecule has 10 heteroatoms. The summed E-state index contributed by atoms with van der Waals surface area (Å²) in [6, 6.07) is 1.64. The Kier molecular flexibility index (Phi) is 13.8. The first-order valence-electron chi connectivity index (χ1n) is 9.85. The lowest BCUT2D eigenvalue weighted by Gasteiger charge is -2.22. The van der Waals surface area contributed by atoms with E-state index in [1.807, 2.05) is 0 Å². The Bertz CT molecular complexity index is 715. The predicted octanol–water partition coefficient (Wildman–Crippen LogP) is -0.485. The molecule has 31 heavy (non-hydrogen) atoms. The highest BCUT2D eigenvalue weighted by molar-refractivity contribution is 5.77. The van der Waals surface area contributed by atoms with E-state index in [-0.39, 0.29) is 37.2 Å². The van der Waals surface area contributed by atoms with E-state index in [9.17, 15) is 14.7 Å². The summed E-state index contributed by atoms with van der Waals surface area (Å²) in [6.45, 7) is 7.72. The van der Waals surface area contributed by atoms with Gasteiger partial charge >= 0.3 is 0 Å². The second-order valence-electron chi connectivity index (χ2n) is 7.90. The minimum Gasteiger partial charge on any atom is -0.489 e. The lowest BCUT2D eigenvalue weighted by atomic mass is 9.92. The Hall–Kier alpha value is -2.71. The molecule has 2 rings (SSSR count). The maximum Gasteiger partial charge on any atom is 0.223 e. The van der Waals surface area contributed by atoms with E-state index >= 15 is 0 Å². The average Bonchev–Trinajstić information content (AvgIpc) is 3.18. The molecule has 0 aliphatic carbocycles. The van der Waals surface area contributed by atoms with E-state index in [0.717, 1.165) is 13.0 Å². The largest absolute Gasteiger partial charge is 0.489 e. The third-order valence-electron chi connectivity index (χ3n) is 4.00. The number of nitrogens with two attached hydrogens (primary N) is 2. The van der Waals surface area contributed by atoms with Crippen LogP contribution >= 0.6 is 0 Å². The van der Waals surface area contributed by atoms with Gasteiger partial charge in [0.2, 0.25) is 12.3 Å². The number of terminal acetylenes is 1. The first-order valence-corrected chi connectivity index (χ1v) is 9.85. The van der Waals surface area contributed by atoms with Crippen molar-refractivity contribution in [2.75, 3.05) is 26.3 Å². The molecule has 1 aromatic heterocycles. The third-order valence-corrected chi connectivity index (χ3v) is 4.00. The summed E-state index contributed by atoms with van der Waals surface area (Å²) in [5.74, 6) is 11.1. The summed E-state index contributed by atoms with van der Waals surface area (Å²) in [7, 11) is 0. The highest BCUT2D eigenvalue weighted by Crippen LogP contribution is 2.21. The van der Waals surface area contributed by atoms with Crippen molar-refractivity contribution in [2.24, 2.45) is 17.1 Å². The molecular weight excluding hydrogens is 402 g/mol. The molecule has 0 spiro atoms. The number of likely N-dealkylation sites (tertiary alicyclic amines) is 1. The highest BCUT2D eigenvalue weighted by atomic mass is 16.5. The van der Waals surface area contributed by atoms with Crippen LogP contribution in [0.2, 0.25) is 0 Å². The van der Waals surface area contributed by atoms with Crippen LogP contribution < -0.4 is 21.7 Å². The van der Waals surface area contributed by atoms with Gasteiger partial charge in [0.05, 0.1) is 19.3 Å². The molecular formula is C21H35N5O5. The van der Waals surface area contributed by atoms with Gasteiger partial charge in [0.15, 0.2) is 0 Å². The van der Waals surface area contributed by atoms with Crippen LogP contribution in [0.5, 0.6) is 5.75 Å². The lowest BCUT2D eigenvalue weighted by molar-refractivity contribution is -0.132. The molecule has 1 aliphatic heterocycles. The number of aromatic nitrogens is 1. The van der Waals surface area contributed by atoms with Crippen molar-refractivity contribution < 1.29 is 24.5 Å². The molecule has 0 aromatic carbocycles. The third kappa shape index (κ3) is 11.9. The number of nitrogens with zero attached hydrogens (tertiary/aromatic N) is 2. The maximum absolute atomic E-state index is 11.6. The van der Waals surface area contributed by atoms with Crippen LogP contribution in [-0.2, 0) is 16.1 Å². The van der Waals surface area contributed by atoms with Gasteiger partial charge in [-0.25, -0.2) is 0 Å². The molecule has 1 unspecified atom stereocenters. The van der Waals surface area contributed by atoms with Crippen LogP contribution in [0.3, 0.4) is 0 Å². The van der Waals surface area contributed by atoms with E-state index in [0.29, 0.717) is 36.4 Å². The normalized spacial score (nSPS) is 14.9. The van der Waals surface area contributed by atoms with Gasteiger partial charge in [0, 0.05) is 31.3 Å². The molecule has 0 bridgehead atoms. The van der Waals surface area contributed by atoms with Gasteiger partial charge in [0.25, 0.3) is 0 Å². The molecule has 174 valence electrons. The summed E-state index contributed by atoms with van der Waals surface area (Å²) in [4.78, 5) is 27.6. The minimum atomic E-state index is -0.302. The number of nitrogens with one attached hydrogen (secondary N) is 1. The van der Waals surface area contributed by atoms with E-state index in [2.05, 4.69) is 48.7 Å². The van der Waals surface area contributed by atoms with Crippen LogP contribution in [-0.4, -0.2) is 64.8 Å². The van der Waals surface area contributed by atoms with Crippen molar-refractivity contribution in [3.05, 3.63) is 23.5 Å². The smallest absolute Gasteiger partial charge is 0.223 e. The topological polar surface area (TPSA) is 164 Å². The number of aliphatic hydroxyl groups excluding tert-OH is 2. The van der Waals surface area contributed by atoms with E-state index in [4.69, 9.17) is 16.3 Å². The summed E-state index contributed by atoms with van der Waals surface area (Å²) in [5, 5.41) is 20.4. The number of hydrogen-bond donors (Lipinski definition) is 5. The Morgan fingerprint density at radius 1 is 1.48 bits per heavy atom. The van der Waals surface area contributed by atoms with Gasteiger partial charge in [-0.2, -0.15) is 0 Å². The number of ether oxygens (including phenoxy) is 1. The van der Waals surface area contributed by atoms with E-state index < -0.39 is 0 Å². The Balaban J connectivity index is 0.000000547. The number of hydrogen-bond acceptors (Lipinski definition) is 8. The van der Waals surface area contributed by atoms with Gasteiger partial charge in [-0.1, -0.05) is 26.7 Å². The molecule has 10 nitrogen and oxygen atoms in total. The number of pyridine rings is 1. The fourth-order valence-electron chi connectivity index (χ4n) is 2.64. The van der Waals surface area contributed by atoms with Crippen molar-refractivity contribution >= 4 is 12.3 Å². The predicted molar refractivity (Wildman–Crippen MR) is 117 cm³/mol. The number of aliphatic hydroxyl groups is 2. The van der Waals surface area contributed by atoms with E-state index in [1.54, 1.807) is 11.0 Å². The van der Waals surface area contributed by atoms with Crippen molar-refractivity contribution in [1.82, 2.24) is 15.2 Å². The summed E-state index contributed by atoms with van der Waals surface area (Å²) >= 11 is 0. The maximum atomic E-state index is 11.6. The first kappa shape index (κ1) is 28.3. The SMILES string of the molecule is C#Cc1cnc(CNC=O)c(OCCO)c1.CC(C)(C)CC(=O)N1CCC(O)C1.NN. The van der Waals surface area contributed by atoms with Crippen molar-refractivity contribution in [1.29, 1.82) is 0 Å². The van der Waals surface area contributed by atoms with Crippen LogP contribution in [0.15, 0.2) is 12.3 Å². The van der Waals surface area contributed by atoms with Gasteiger partial charge in [-0.05, 0) is 17.9 Å². The molecule has 1 aliphatic rings.